The maximum atomic E-state index is 12.0. The quantitative estimate of drug-likeness (QED) is 0.940. The van der Waals surface area contributed by atoms with Crippen LogP contribution < -0.4 is 19.5 Å². The average Bonchev–Trinajstić information content (AvgIpc) is 3.07. The molecule has 7 heteroatoms. The van der Waals surface area contributed by atoms with Gasteiger partial charge in [0.2, 0.25) is 6.79 Å². The number of hydrogen-bond donors (Lipinski definition) is 1. The van der Waals surface area contributed by atoms with Gasteiger partial charge in [-0.25, -0.2) is 4.98 Å². The molecule has 0 saturated carbocycles. The van der Waals surface area contributed by atoms with Crippen molar-refractivity contribution in [3.8, 4) is 17.2 Å². The highest BCUT2D eigenvalue weighted by molar-refractivity contribution is 7.13. The van der Waals surface area contributed by atoms with E-state index in [0.717, 1.165) is 5.69 Å². The summed E-state index contributed by atoms with van der Waals surface area (Å²) >= 11 is 1.38. The third-order valence-electron chi connectivity index (χ3n) is 2.88. The molecule has 1 amide bonds. The number of benzene rings is 1. The average molecular weight is 306 g/mol. The molecule has 1 aliphatic rings. The Labute approximate surface area is 125 Å². The summed E-state index contributed by atoms with van der Waals surface area (Å²) in [5, 5.41) is 5.16. The van der Waals surface area contributed by atoms with Crippen LogP contribution in [0.1, 0.15) is 12.6 Å². The second-order valence-electron chi connectivity index (χ2n) is 4.56. The zero-order valence-electron chi connectivity index (χ0n) is 11.6. The SMILES string of the molecule is Cc1csc(NC(=O)[C@H](C)Oc2ccc3c(c2)OCO3)n1. The van der Waals surface area contributed by atoms with Crippen molar-refractivity contribution in [1.29, 1.82) is 0 Å². The fourth-order valence-electron chi connectivity index (χ4n) is 1.83. The van der Waals surface area contributed by atoms with Gasteiger partial charge >= 0.3 is 0 Å². The standard InChI is InChI=1S/C14H14N2O4S/c1-8-6-21-14(15-8)16-13(17)9(2)20-10-3-4-11-12(5-10)19-7-18-11/h3-6,9H,7H2,1-2H3,(H,15,16,17)/t9-/m0/s1. The van der Waals surface area contributed by atoms with Crippen LogP contribution >= 0.6 is 11.3 Å². The normalized spacial score (nSPS) is 13.8. The molecule has 1 aliphatic heterocycles. The van der Waals surface area contributed by atoms with Crippen LogP contribution in [0.4, 0.5) is 5.13 Å². The van der Waals surface area contributed by atoms with Gasteiger partial charge < -0.3 is 14.2 Å². The number of aryl methyl sites for hydroxylation is 1. The molecule has 2 heterocycles. The first-order valence-electron chi connectivity index (χ1n) is 6.41. The number of rotatable bonds is 4. The third kappa shape index (κ3) is 3.08. The molecule has 1 atom stereocenters. The second-order valence-corrected chi connectivity index (χ2v) is 5.42. The number of thiazole rings is 1. The van der Waals surface area contributed by atoms with Gasteiger partial charge in [-0.3, -0.25) is 10.1 Å². The lowest BCUT2D eigenvalue weighted by molar-refractivity contribution is -0.122. The molecule has 1 N–H and O–H groups in total. The lowest BCUT2D eigenvalue weighted by atomic mass is 10.3. The van der Waals surface area contributed by atoms with Crippen molar-refractivity contribution < 1.29 is 19.0 Å². The Kier molecular flexibility index (Phi) is 3.66. The van der Waals surface area contributed by atoms with E-state index in [-0.39, 0.29) is 12.7 Å². The van der Waals surface area contributed by atoms with Crippen molar-refractivity contribution in [2.75, 3.05) is 12.1 Å². The fourth-order valence-corrected chi connectivity index (χ4v) is 2.52. The molecule has 21 heavy (non-hydrogen) atoms. The minimum atomic E-state index is -0.644. The summed E-state index contributed by atoms with van der Waals surface area (Å²) in [7, 11) is 0. The number of aromatic nitrogens is 1. The highest BCUT2D eigenvalue weighted by Crippen LogP contribution is 2.35. The Hall–Kier alpha value is -2.28. The van der Waals surface area contributed by atoms with Crippen LogP contribution in [-0.2, 0) is 4.79 Å². The molecule has 3 rings (SSSR count). The van der Waals surface area contributed by atoms with Crippen LogP contribution in [0.3, 0.4) is 0 Å². The molecule has 0 radical (unpaired) electrons. The smallest absolute Gasteiger partial charge is 0.266 e. The second kappa shape index (κ2) is 5.61. The summed E-state index contributed by atoms with van der Waals surface area (Å²) in [4.78, 5) is 16.2. The van der Waals surface area contributed by atoms with Gasteiger partial charge in [0.15, 0.2) is 22.7 Å². The first-order valence-corrected chi connectivity index (χ1v) is 7.29. The zero-order chi connectivity index (χ0) is 14.8. The van der Waals surface area contributed by atoms with Crippen molar-refractivity contribution >= 4 is 22.4 Å². The molecule has 1 aromatic carbocycles. The van der Waals surface area contributed by atoms with E-state index in [4.69, 9.17) is 14.2 Å². The van der Waals surface area contributed by atoms with Gasteiger partial charge in [0.25, 0.3) is 5.91 Å². The summed E-state index contributed by atoms with van der Waals surface area (Å²) in [6.45, 7) is 3.76. The Morgan fingerprint density at radius 3 is 3.00 bits per heavy atom. The molecular formula is C14H14N2O4S. The Bertz CT molecular complexity index is 671. The van der Waals surface area contributed by atoms with Crippen molar-refractivity contribution in [1.82, 2.24) is 4.98 Å². The highest BCUT2D eigenvalue weighted by Gasteiger charge is 2.19. The lowest BCUT2D eigenvalue weighted by Crippen LogP contribution is -2.30. The van der Waals surface area contributed by atoms with Gasteiger partial charge in [0, 0.05) is 11.4 Å². The predicted octanol–water partition coefficient (Wildman–Crippen LogP) is 2.59. The number of hydrogen-bond acceptors (Lipinski definition) is 6. The van der Waals surface area contributed by atoms with Crippen molar-refractivity contribution in [3.05, 3.63) is 29.3 Å². The van der Waals surface area contributed by atoms with Gasteiger partial charge in [-0.05, 0) is 26.0 Å². The predicted molar refractivity (Wildman–Crippen MR) is 78.1 cm³/mol. The van der Waals surface area contributed by atoms with Gasteiger partial charge in [0.05, 0.1) is 5.69 Å². The molecule has 0 aliphatic carbocycles. The fraction of sp³-hybridized carbons (Fsp3) is 0.286. The molecule has 0 fully saturated rings. The highest BCUT2D eigenvalue weighted by atomic mass is 32.1. The Balaban J connectivity index is 1.62. The van der Waals surface area contributed by atoms with Crippen molar-refractivity contribution in [2.24, 2.45) is 0 Å². The first-order chi connectivity index (χ1) is 10.1. The van der Waals surface area contributed by atoms with E-state index in [2.05, 4.69) is 10.3 Å². The van der Waals surface area contributed by atoms with Crippen molar-refractivity contribution in [3.63, 3.8) is 0 Å². The topological polar surface area (TPSA) is 69.7 Å². The summed E-state index contributed by atoms with van der Waals surface area (Å²) in [5.41, 5.74) is 0.875. The van der Waals surface area contributed by atoms with Gasteiger partial charge in [0.1, 0.15) is 5.75 Å². The van der Waals surface area contributed by atoms with E-state index < -0.39 is 6.10 Å². The number of fused-ring (bicyclic) bond motifs is 1. The number of amides is 1. The van der Waals surface area contributed by atoms with E-state index in [1.165, 1.54) is 11.3 Å². The molecule has 1 aromatic heterocycles. The van der Waals surface area contributed by atoms with Crippen LogP contribution in [0.15, 0.2) is 23.6 Å². The molecule has 0 saturated heterocycles. The lowest BCUT2D eigenvalue weighted by Gasteiger charge is -2.13. The van der Waals surface area contributed by atoms with E-state index in [0.29, 0.717) is 22.4 Å². The van der Waals surface area contributed by atoms with Crippen LogP contribution in [0.25, 0.3) is 0 Å². The number of carbonyl (C=O) groups is 1. The molecule has 6 nitrogen and oxygen atoms in total. The van der Waals surface area contributed by atoms with Crippen LogP contribution in [0.2, 0.25) is 0 Å². The summed E-state index contributed by atoms with van der Waals surface area (Å²) in [6.07, 6.45) is -0.644. The molecule has 0 unspecified atom stereocenters. The largest absolute Gasteiger partial charge is 0.481 e. The maximum absolute atomic E-state index is 12.0. The number of nitrogens with zero attached hydrogens (tertiary/aromatic N) is 1. The van der Waals surface area contributed by atoms with E-state index in [1.807, 2.05) is 12.3 Å². The first kappa shape index (κ1) is 13.7. The summed E-state index contributed by atoms with van der Waals surface area (Å²) in [6, 6.07) is 5.21. The van der Waals surface area contributed by atoms with E-state index >= 15 is 0 Å². The maximum Gasteiger partial charge on any atom is 0.266 e. The van der Waals surface area contributed by atoms with Gasteiger partial charge in [-0.15, -0.1) is 11.3 Å². The van der Waals surface area contributed by atoms with Crippen LogP contribution in [0.5, 0.6) is 17.2 Å². The minimum absolute atomic E-state index is 0.207. The van der Waals surface area contributed by atoms with E-state index in [1.54, 1.807) is 25.1 Å². The Morgan fingerprint density at radius 1 is 1.43 bits per heavy atom. The van der Waals surface area contributed by atoms with E-state index in [9.17, 15) is 4.79 Å². The van der Waals surface area contributed by atoms with Crippen LogP contribution in [0, 0.1) is 6.92 Å². The van der Waals surface area contributed by atoms with Crippen LogP contribution in [-0.4, -0.2) is 23.8 Å². The van der Waals surface area contributed by atoms with Gasteiger partial charge in [-0.1, -0.05) is 0 Å². The number of carbonyl (C=O) groups excluding carboxylic acids is 1. The number of ether oxygens (including phenoxy) is 3. The third-order valence-corrected chi connectivity index (χ3v) is 3.75. The van der Waals surface area contributed by atoms with Gasteiger partial charge in [-0.2, -0.15) is 0 Å². The monoisotopic (exact) mass is 306 g/mol. The number of anilines is 1. The molecule has 0 spiro atoms. The zero-order valence-corrected chi connectivity index (χ0v) is 12.4. The number of nitrogens with one attached hydrogen (secondary N) is 1. The van der Waals surface area contributed by atoms with Crippen molar-refractivity contribution in [2.45, 2.75) is 20.0 Å². The molecule has 2 aromatic rings. The minimum Gasteiger partial charge on any atom is -0.481 e. The summed E-state index contributed by atoms with van der Waals surface area (Å²) < 4.78 is 16.1. The molecule has 110 valence electrons. The molecular weight excluding hydrogens is 292 g/mol. The molecule has 0 bridgehead atoms. The summed E-state index contributed by atoms with van der Waals surface area (Å²) in [5.74, 6) is 1.60. The Morgan fingerprint density at radius 2 is 2.24 bits per heavy atom.